The maximum Gasteiger partial charge on any atom is 0.243 e. The van der Waals surface area contributed by atoms with Crippen LogP contribution in [0.2, 0.25) is 0 Å². The van der Waals surface area contributed by atoms with E-state index in [2.05, 4.69) is 0 Å². The van der Waals surface area contributed by atoms with Crippen LogP contribution in [-0.4, -0.2) is 51.6 Å². The van der Waals surface area contributed by atoms with Crippen LogP contribution in [0.25, 0.3) is 0 Å². The van der Waals surface area contributed by atoms with Crippen LogP contribution in [0.1, 0.15) is 33.4 Å². The van der Waals surface area contributed by atoms with Crippen molar-refractivity contribution in [1.29, 1.82) is 0 Å². The summed E-state index contributed by atoms with van der Waals surface area (Å²) >= 11 is 0. The van der Waals surface area contributed by atoms with Gasteiger partial charge in [-0.3, -0.25) is 0 Å². The molecule has 0 N–H and O–H groups in total. The van der Waals surface area contributed by atoms with Gasteiger partial charge >= 0.3 is 0 Å². The van der Waals surface area contributed by atoms with Crippen molar-refractivity contribution in [1.82, 2.24) is 8.61 Å². The molecular formula is C22H30N2O4S2. The molecule has 1 heterocycles. The highest BCUT2D eigenvalue weighted by atomic mass is 32.2. The highest BCUT2D eigenvalue weighted by molar-refractivity contribution is 7.89. The lowest BCUT2D eigenvalue weighted by atomic mass is 10.1. The minimum Gasteiger partial charge on any atom is -0.207 e. The van der Waals surface area contributed by atoms with Crippen molar-refractivity contribution >= 4 is 20.0 Å². The summed E-state index contributed by atoms with van der Waals surface area (Å²) in [6, 6.07) is 6.93. The third-order valence-corrected chi connectivity index (χ3v) is 10.5. The molecule has 1 aliphatic heterocycles. The van der Waals surface area contributed by atoms with Gasteiger partial charge in [-0.15, -0.1) is 0 Å². The first-order valence-corrected chi connectivity index (χ1v) is 12.9. The highest BCUT2D eigenvalue weighted by Crippen LogP contribution is 2.28. The lowest BCUT2D eigenvalue weighted by Crippen LogP contribution is -2.50. The van der Waals surface area contributed by atoms with Crippen molar-refractivity contribution in [3.05, 3.63) is 57.6 Å². The second-order valence-electron chi connectivity index (χ2n) is 8.07. The highest BCUT2D eigenvalue weighted by Gasteiger charge is 2.35. The van der Waals surface area contributed by atoms with Crippen molar-refractivity contribution in [2.45, 2.75) is 51.3 Å². The number of nitrogens with zero attached hydrogens (tertiary/aromatic N) is 2. The third kappa shape index (κ3) is 3.82. The van der Waals surface area contributed by atoms with Gasteiger partial charge in [0.15, 0.2) is 0 Å². The zero-order valence-electron chi connectivity index (χ0n) is 18.5. The maximum atomic E-state index is 13.2. The Morgan fingerprint density at radius 3 is 1.13 bits per heavy atom. The Morgan fingerprint density at radius 2 is 0.833 bits per heavy atom. The molecule has 30 heavy (non-hydrogen) atoms. The third-order valence-electron chi connectivity index (χ3n) is 6.45. The van der Waals surface area contributed by atoms with E-state index in [9.17, 15) is 16.8 Å². The first-order valence-electron chi connectivity index (χ1n) is 10.0. The fraction of sp³-hybridized carbons (Fsp3) is 0.455. The van der Waals surface area contributed by atoms with Gasteiger partial charge in [-0.05, 0) is 87.1 Å². The molecule has 0 atom stereocenters. The second-order valence-corrected chi connectivity index (χ2v) is 11.9. The van der Waals surface area contributed by atoms with Crippen LogP contribution >= 0.6 is 0 Å². The molecule has 164 valence electrons. The van der Waals surface area contributed by atoms with E-state index in [1.807, 2.05) is 53.7 Å². The summed E-state index contributed by atoms with van der Waals surface area (Å²) in [5.41, 5.74) is 5.51. The van der Waals surface area contributed by atoms with Crippen molar-refractivity contribution in [2.75, 3.05) is 26.2 Å². The normalized spacial score (nSPS) is 16.7. The van der Waals surface area contributed by atoms with Gasteiger partial charge in [-0.25, -0.2) is 16.8 Å². The van der Waals surface area contributed by atoms with Crippen molar-refractivity contribution < 1.29 is 16.8 Å². The average molecular weight is 451 g/mol. The topological polar surface area (TPSA) is 74.8 Å². The van der Waals surface area contributed by atoms with Gasteiger partial charge in [0.05, 0.1) is 9.79 Å². The Labute approximate surface area is 180 Å². The number of benzene rings is 2. The van der Waals surface area contributed by atoms with E-state index >= 15 is 0 Å². The van der Waals surface area contributed by atoms with Gasteiger partial charge in [0.25, 0.3) is 0 Å². The number of rotatable bonds is 4. The molecule has 0 bridgehead atoms. The largest absolute Gasteiger partial charge is 0.243 e. The van der Waals surface area contributed by atoms with Crippen LogP contribution in [0, 0.1) is 41.5 Å². The van der Waals surface area contributed by atoms with E-state index in [1.165, 1.54) is 8.61 Å². The summed E-state index contributed by atoms with van der Waals surface area (Å²) in [7, 11) is -7.35. The molecule has 6 nitrogen and oxygen atoms in total. The molecule has 0 aromatic heterocycles. The van der Waals surface area contributed by atoms with Crippen LogP contribution in [-0.2, 0) is 20.0 Å². The lowest BCUT2D eigenvalue weighted by Gasteiger charge is -2.34. The smallest absolute Gasteiger partial charge is 0.207 e. The minimum atomic E-state index is -3.67. The fourth-order valence-corrected chi connectivity index (χ4v) is 7.25. The molecule has 0 spiro atoms. The SMILES string of the molecule is Cc1ccc(S(=O)(=O)N2CCN(S(=O)(=O)c3ccc(C)c(C)c3C)CC2)c(C)c1C. The maximum absolute atomic E-state index is 13.2. The van der Waals surface area contributed by atoms with E-state index in [-0.39, 0.29) is 26.2 Å². The predicted molar refractivity (Wildman–Crippen MR) is 119 cm³/mol. The van der Waals surface area contributed by atoms with Crippen LogP contribution in [0.15, 0.2) is 34.1 Å². The lowest BCUT2D eigenvalue weighted by molar-refractivity contribution is 0.272. The molecule has 1 aliphatic rings. The summed E-state index contributed by atoms with van der Waals surface area (Å²) in [6.45, 7) is 11.9. The molecule has 1 fully saturated rings. The number of hydrogen-bond acceptors (Lipinski definition) is 4. The van der Waals surface area contributed by atoms with Crippen LogP contribution in [0.5, 0.6) is 0 Å². The fourth-order valence-electron chi connectivity index (χ4n) is 3.85. The van der Waals surface area contributed by atoms with Gasteiger partial charge in [0.1, 0.15) is 0 Å². The van der Waals surface area contributed by atoms with Crippen molar-refractivity contribution in [2.24, 2.45) is 0 Å². The van der Waals surface area contributed by atoms with Crippen LogP contribution in [0.4, 0.5) is 0 Å². The molecule has 1 saturated heterocycles. The van der Waals surface area contributed by atoms with Gasteiger partial charge in [-0.2, -0.15) is 8.61 Å². The van der Waals surface area contributed by atoms with Crippen LogP contribution in [0.3, 0.4) is 0 Å². The van der Waals surface area contributed by atoms with E-state index in [0.29, 0.717) is 9.79 Å². The zero-order chi connectivity index (χ0) is 22.4. The summed E-state index contributed by atoms with van der Waals surface area (Å²) in [6.07, 6.45) is 0. The van der Waals surface area contributed by atoms with E-state index in [1.54, 1.807) is 12.1 Å². The average Bonchev–Trinajstić information content (AvgIpc) is 2.70. The zero-order valence-corrected chi connectivity index (χ0v) is 20.1. The Bertz CT molecular complexity index is 1100. The molecule has 0 unspecified atom stereocenters. The van der Waals surface area contributed by atoms with Gasteiger partial charge in [0, 0.05) is 26.2 Å². The van der Waals surface area contributed by atoms with Crippen molar-refractivity contribution in [3.8, 4) is 0 Å². The van der Waals surface area contributed by atoms with E-state index in [0.717, 1.165) is 33.4 Å². The van der Waals surface area contributed by atoms with Crippen LogP contribution < -0.4 is 0 Å². The number of sulfonamides is 2. The molecule has 3 rings (SSSR count). The predicted octanol–water partition coefficient (Wildman–Crippen LogP) is 3.23. The minimum absolute atomic E-state index is 0.137. The molecule has 0 amide bonds. The molecule has 2 aromatic carbocycles. The Morgan fingerprint density at radius 1 is 0.533 bits per heavy atom. The Kier molecular flexibility index (Phi) is 6.17. The van der Waals surface area contributed by atoms with Gasteiger partial charge in [-0.1, -0.05) is 12.1 Å². The number of aryl methyl sites for hydroxylation is 2. The molecule has 2 aromatic rings. The summed E-state index contributed by atoms with van der Waals surface area (Å²) in [4.78, 5) is 0.596. The Balaban J connectivity index is 1.84. The molecule has 8 heteroatoms. The standard InChI is InChI=1S/C22H30N2O4S2/c1-15-7-9-21(19(5)17(15)3)29(25,26)23-11-13-24(14-12-23)30(27,28)22-10-8-16(2)18(4)20(22)6/h7-10H,11-14H2,1-6H3. The quantitative estimate of drug-likeness (QED) is 0.717. The van der Waals surface area contributed by atoms with E-state index in [4.69, 9.17) is 0 Å². The summed E-state index contributed by atoms with van der Waals surface area (Å²) in [5.74, 6) is 0. The monoisotopic (exact) mass is 450 g/mol. The van der Waals surface area contributed by atoms with E-state index < -0.39 is 20.0 Å². The molecule has 0 aliphatic carbocycles. The van der Waals surface area contributed by atoms with Gasteiger partial charge < -0.3 is 0 Å². The number of hydrogen-bond donors (Lipinski definition) is 0. The summed E-state index contributed by atoms with van der Waals surface area (Å²) < 4.78 is 55.6. The van der Waals surface area contributed by atoms with Gasteiger partial charge in [0.2, 0.25) is 20.0 Å². The first kappa shape index (κ1) is 22.9. The molecule has 0 radical (unpaired) electrons. The second kappa shape index (κ2) is 8.07. The Hall–Kier alpha value is -1.74. The summed E-state index contributed by atoms with van der Waals surface area (Å²) in [5, 5.41) is 0. The first-order chi connectivity index (χ1) is 13.9. The number of piperazine rings is 1. The molecular weight excluding hydrogens is 420 g/mol. The van der Waals surface area contributed by atoms with Crippen molar-refractivity contribution in [3.63, 3.8) is 0 Å². The molecule has 0 saturated carbocycles.